The van der Waals surface area contributed by atoms with Gasteiger partial charge in [-0.1, -0.05) is 6.07 Å². The molecule has 0 radical (unpaired) electrons. The Morgan fingerprint density at radius 3 is 2.95 bits per heavy atom. The number of benzene rings is 2. The second-order valence-electron chi connectivity index (χ2n) is 4.54. The molecule has 0 bridgehead atoms. The minimum atomic E-state index is -0.428. The molecule has 1 aliphatic rings. The highest BCUT2D eigenvalue weighted by Crippen LogP contribution is 2.36. The van der Waals surface area contributed by atoms with Crippen molar-refractivity contribution in [2.75, 3.05) is 11.9 Å². The van der Waals surface area contributed by atoms with Gasteiger partial charge in [0.05, 0.1) is 11.0 Å². The fraction of sp³-hybridized carbons (Fsp3) is 0.143. The maximum atomic E-state index is 10.8. The van der Waals surface area contributed by atoms with Crippen LogP contribution in [0.4, 0.5) is 11.4 Å². The van der Waals surface area contributed by atoms with Gasteiger partial charge in [0.25, 0.3) is 5.69 Å². The second-order valence-corrected chi connectivity index (χ2v) is 4.54. The van der Waals surface area contributed by atoms with Crippen molar-refractivity contribution in [3.8, 4) is 11.5 Å². The summed E-state index contributed by atoms with van der Waals surface area (Å²) in [5, 5.41) is 23.3. The number of phenolic OH excluding ortho intramolecular Hbond substituents is 1. The highest BCUT2D eigenvalue weighted by Gasteiger charge is 2.24. The average molecular weight is 272 g/mol. The van der Waals surface area contributed by atoms with Crippen molar-refractivity contribution in [2.24, 2.45) is 0 Å². The summed E-state index contributed by atoms with van der Waals surface area (Å²) in [5.41, 5.74) is 1.63. The summed E-state index contributed by atoms with van der Waals surface area (Å²) < 4.78 is 5.49. The summed E-state index contributed by atoms with van der Waals surface area (Å²) in [5.74, 6) is 0.785. The molecule has 2 N–H and O–H groups in total. The van der Waals surface area contributed by atoms with Gasteiger partial charge in [-0.25, -0.2) is 0 Å². The van der Waals surface area contributed by atoms with E-state index in [-0.39, 0.29) is 17.5 Å². The summed E-state index contributed by atoms with van der Waals surface area (Å²) in [6.07, 6.45) is 0. The van der Waals surface area contributed by atoms with Crippen molar-refractivity contribution in [1.29, 1.82) is 0 Å². The number of hydrogen-bond donors (Lipinski definition) is 2. The molecule has 20 heavy (non-hydrogen) atoms. The van der Waals surface area contributed by atoms with Gasteiger partial charge in [-0.3, -0.25) is 10.1 Å². The molecule has 2 aromatic rings. The molecule has 1 atom stereocenters. The lowest BCUT2D eigenvalue weighted by Gasteiger charge is -2.12. The molecule has 0 aromatic heterocycles. The Balaban J connectivity index is 1.84. The molecular formula is C14H12N2O4. The van der Waals surface area contributed by atoms with Crippen molar-refractivity contribution >= 4 is 11.4 Å². The Kier molecular flexibility index (Phi) is 2.90. The van der Waals surface area contributed by atoms with Crippen LogP contribution in [0.15, 0.2) is 42.5 Å². The van der Waals surface area contributed by atoms with Gasteiger partial charge in [0, 0.05) is 29.4 Å². The number of hydrogen-bond acceptors (Lipinski definition) is 5. The zero-order valence-electron chi connectivity index (χ0n) is 10.4. The van der Waals surface area contributed by atoms with E-state index in [4.69, 9.17) is 4.74 Å². The number of nitro groups is 1. The molecule has 1 heterocycles. The van der Waals surface area contributed by atoms with Gasteiger partial charge >= 0.3 is 0 Å². The van der Waals surface area contributed by atoms with Crippen LogP contribution in [0.2, 0.25) is 0 Å². The number of nitrogens with zero attached hydrogens (tertiary/aromatic N) is 1. The lowest BCUT2D eigenvalue weighted by Crippen LogP contribution is -2.11. The fourth-order valence-electron chi connectivity index (χ4n) is 2.23. The van der Waals surface area contributed by atoms with Crippen LogP contribution in [0.3, 0.4) is 0 Å². The minimum absolute atomic E-state index is 0.0415. The largest absolute Gasteiger partial charge is 0.508 e. The smallest absolute Gasteiger partial charge is 0.271 e. The first kappa shape index (κ1) is 12.3. The molecular weight excluding hydrogens is 260 g/mol. The third-order valence-electron chi connectivity index (χ3n) is 3.18. The molecule has 1 unspecified atom stereocenters. The summed E-state index contributed by atoms with van der Waals surface area (Å²) in [4.78, 5) is 10.3. The molecule has 6 heteroatoms. The minimum Gasteiger partial charge on any atom is -0.508 e. The maximum absolute atomic E-state index is 10.8. The number of anilines is 1. The van der Waals surface area contributed by atoms with E-state index in [2.05, 4.69) is 5.32 Å². The van der Waals surface area contributed by atoms with Gasteiger partial charge in [0.15, 0.2) is 0 Å². The molecule has 0 fully saturated rings. The second kappa shape index (κ2) is 4.73. The summed E-state index contributed by atoms with van der Waals surface area (Å²) in [6.45, 7) is 0.418. The van der Waals surface area contributed by atoms with Gasteiger partial charge in [0.1, 0.15) is 18.1 Å². The van der Waals surface area contributed by atoms with E-state index in [0.29, 0.717) is 18.0 Å². The van der Waals surface area contributed by atoms with Gasteiger partial charge in [-0.15, -0.1) is 0 Å². The number of aromatic hydroxyl groups is 1. The summed E-state index contributed by atoms with van der Waals surface area (Å²) in [6, 6.07) is 11.2. The standard InChI is InChI=1S/C14H12N2O4/c17-11-4-5-12-13(8-20-14(12)7-11)15-9-2-1-3-10(6-9)16(18)19/h1-7,13,15,17H,8H2. The lowest BCUT2D eigenvalue weighted by molar-refractivity contribution is -0.384. The van der Waals surface area contributed by atoms with E-state index in [9.17, 15) is 15.2 Å². The van der Waals surface area contributed by atoms with Crippen molar-refractivity contribution < 1.29 is 14.8 Å². The van der Waals surface area contributed by atoms with Crippen LogP contribution in [0.5, 0.6) is 11.5 Å². The molecule has 0 amide bonds. The molecule has 6 nitrogen and oxygen atoms in total. The quantitative estimate of drug-likeness (QED) is 0.663. The van der Waals surface area contributed by atoms with Crippen LogP contribution in [0, 0.1) is 10.1 Å². The topological polar surface area (TPSA) is 84.6 Å². The normalized spacial score (nSPS) is 16.3. The van der Waals surface area contributed by atoms with Crippen LogP contribution >= 0.6 is 0 Å². The summed E-state index contributed by atoms with van der Waals surface area (Å²) >= 11 is 0. The van der Waals surface area contributed by atoms with Crippen LogP contribution in [-0.2, 0) is 0 Å². The number of ether oxygens (including phenoxy) is 1. The van der Waals surface area contributed by atoms with E-state index in [1.54, 1.807) is 30.3 Å². The molecule has 2 aromatic carbocycles. The Morgan fingerprint density at radius 2 is 2.15 bits per heavy atom. The van der Waals surface area contributed by atoms with E-state index >= 15 is 0 Å². The predicted molar refractivity (Wildman–Crippen MR) is 73.1 cm³/mol. The Morgan fingerprint density at radius 1 is 1.30 bits per heavy atom. The Bertz CT molecular complexity index is 672. The molecule has 102 valence electrons. The zero-order valence-corrected chi connectivity index (χ0v) is 10.4. The monoisotopic (exact) mass is 272 g/mol. The van der Waals surface area contributed by atoms with Gasteiger partial charge < -0.3 is 15.2 Å². The predicted octanol–water partition coefficient (Wildman–Crippen LogP) is 2.85. The van der Waals surface area contributed by atoms with E-state index in [0.717, 1.165) is 5.56 Å². The Labute approximate surface area is 114 Å². The van der Waals surface area contributed by atoms with Crippen LogP contribution in [0.1, 0.15) is 11.6 Å². The number of nitrogens with one attached hydrogen (secondary N) is 1. The fourth-order valence-corrected chi connectivity index (χ4v) is 2.23. The highest BCUT2D eigenvalue weighted by molar-refractivity contribution is 5.55. The first-order valence-electron chi connectivity index (χ1n) is 6.10. The maximum Gasteiger partial charge on any atom is 0.271 e. The highest BCUT2D eigenvalue weighted by atomic mass is 16.6. The number of fused-ring (bicyclic) bond motifs is 1. The first-order chi connectivity index (χ1) is 9.63. The third-order valence-corrected chi connectivity index (χ3v) is 3.18. The Hall–Kier alpha value is -2.76. The van der Waals surface area contributed by atoms with E-state index < -0.39 is 4.92 Å². The van der Waals surface area contributed by atoms with Crippen molar-refractivity contribution in [3.63, 3.8) is 0 Å². The number of non-ortho nitro benzene ring substituents is 1. The molecule has 0 spiro atoms. The molecule has 3 rings (SSSR count). The zero-order chi connectivity index (χ0) is 14.1. The molecule has 0 saturated heterocycles. The van der Waals surface area contributed by atoms with Gasteiger partial charge in [-0.2, -0.15) is 0 Å². The van der Waals surface area contributed by atoms with Crippen LogP contribution in [-0.4, -0.2) is 16.6 Å². The van der Waals surface area contributed by atoms with Crippen LogP contribution < -0.4 is 10.1 Å². The average Bonchev–Trinajstić information content (AvgIpc) is 2.81. The van der Waals surface area contributed by atoms with E-state index in [1.165, 1.54) is 12.1 Å². The molecule has 1 aliphatic heterocycles. The molecule has 0 saturated carbocycles. The van der Waals surface area contributed by atoms with Crippen molar-refractivity contribution in [3.05, 3.63) is 58.1 Å². The third kappa shape index (κ3) is 2.23. The lowest BCUT2D eigenvalue weighted by atomic mass is 10.1. The van der Waals surface area contributed by atoms with Crippen molar-refractivity contribution in [1.82, 2.24) is 0 Å². The summed E-state index contributed by atoms with van der Waals surface area (Å²) in [7, 11) is 0. The SMILES string of the molecule is O=[N+]([O-])c1cccc(NC2COc3cc(O)ccc32)c1. The molecule has 0 aliphatic carbocycles. The van der Waals surface area contributed by atoms with Crippen molar-refractivity contribution in [2.45, 2.75) is 6.04 Å². The number of rotatable bonds is 3. The van der Waals surface area contributed by atoms with Crippen LogP contribution in [0.25, 0.3) is 0 Å². The number of phenols is 1. The van der Waals surface area contributed by atoms with Gasteiger partial charge in [0.2, 0.25) is 0 Å². The van der Waals surface area contributed by atoms with E-state index in [1.807, 2.05) is 0 Å². The number of nitro benzene ring substituents is 1. The first-order valence-corrected chi connectivity index (χ1v) is 6.10. The van der Waals surface area contributed by atoms with Gasteiger partial charge in [-0.05, 0) is 18.2 Å².